The van der Waals surface area contributed by atoms with Crippen molar-refractivity contribution in [1.82, 2.24) is 15.6 Å². The predicted octanol–water partition coefficient (Wildman–Crippen LogP) is 4.68. The quantitative estimate of drug-likeness (QED) is 0.268. The fourth-order valence-electron chi connectivity index (χ4n) is 2.62. The zero-order valence-electron chi connectivity index (χ0n) is 16.4. The van der Waals surface area contributed by atoms with Crippen molar-refractivity contribution in [3.05, 3.63) is 89.6 Å². The molecule has 0 saturated heterocycles. The number of rotatable bonds is 7. The van der Waals surface area contributed by atoms with Crippen LogP contribution in [0.2, 0.25) is 0 Å². The predicted molar refractivity (Wildman–Crippen MR) is 124 cm³/mol. The zero-order valence-corrected chi connectivity index (χ0v) is 18.8. The topological polar surface area (TPSA) is 58.5 Å². The number of guanidine groups is 1. The second-order valence-electron chi connectivity index (χ2n) is 6.29. The highest BCUT2D eigenvalue weighted by atomic mass is 127. The molecule has 0 bridgehead atoms. The van der Waals surface area contributed by atoms with Gasteiger partial charge in [-0.05, 0) is 60.0 Å². The number of benzene rings is 2. The third-order valence-electron chi connectivity index (χ3n) is 4.14. The molecule has 0 aliphatic carbocycles. The Kier molecular flexibility index (Phi) is 9.46. The van der Waals surface area contributed by atoms with E-state index in [4.69, 9.17) is 4.74 Å². The molecular weight excluding hydrogens is 501 g/mol. The molecule has 0 spiro atoms. The maximum absolute atomic E-state index is 13.0. The van der Waals surface area contributed by atoms with Crippen molar-refractivity contribution in [3.63, 3.8) is 0 Å². The van der Waals surface area contributed by atoms with Gasteiger partial charge < -0.3 is 15.4 Å². The molecular formula is C22H23F2IN4O. The van der Waals surface area contributed by atoms with E-state index in [0.29, 0.717) is 30.7 Å². The first-order valence-corrected chi connectivity index (χ1v) is 9.20. The average Bonchev–Trinajstić information content (AvgIpc) is 2.74. The van der Waals surface area contributed by atoms with Crippen LogP contribution < -0.4 is 15.4 Å². The van der Waals surface area contributed by atoms with Crippen LogP contribution in [0.4, 0.5) is 8.78 Å². The van der Waals surface area contributed by atoms with Crippen molar-refractivity contribution in [2.24, 2.45) is 4.99 Å². The number of hydrogen-bond acceptors (Lipinski definition) is 3. The van der Waals surface area contributed by atoms with Crippen molar-refractivity contribution >= 4 is 29.9 Å². The monoisotopic (exact) mass is 524 g/mol. The lowest BCUT2D eigenvalue weighted by molar-refractivity contribution is 0.460. The lowest BCUT2D eigenvalue weighted by Crippen LogP contribution is -2.37. The van der Waals surface area contributed by atoms with Gasteiger partial charge in [-0.2, -0.15) is 0 Å². The molecule has 0 radical (unpaired) electrons. The Morgan fingerprint density at radius 1 is 0.933 bits per heavy atom. The molecule has 3 rings (SSSR count). The molecule has 0 aliphatic rings. The summed E-state index contributed by atoms with van der Waals surface area (Å²) in [6.07, 6.45) is 2.41. The van der Waals surface area contributed by atoms with Crippen LogP contribution in [0.3, 0.4) is 0 Å². The highest BCUT2D eigenvalue weighted by Crippen LogP contribution is 2.20. The van der Waals surface area contributed by atoms with Crippen LogP contribution >= 0.6 is 24.0 Å². The maximum atomic E-state index is 13.0. The van der Waals surface area contributed by atoms with Crippen LogP contribution in [0.1, 0.15) is 11.1 Å². The molecule has 0 saturated carbocycles. The van der Waals surface area contributed by atoms with Crippen molar-refractivity contribution in [2.75, 3.05) is 13.6 Å². The molecule has 0 aliphatic heterocycles. The summed E-state index contributed by atoms with van der Waals surface area (Å²) in [5.74, 6) is 1.04. The second-order valence-corrected chi connectivity index (χ2v) is 6.29. The lowest BCUT2D eigenvalue weighted by Gasteiger charge is -2.12. The first-order valence-electron chi connectivity index (χ1n) is 9.20. The molecule has 8 heteroatoms. The number of pyridine rings is 1. The second kappa shape index (κ2) is 12.1. The Morgan fingerprint density at radius 2 is 1.60 bits per heavy atom. The first kappa shape index (κ1) is 23.5. The number of halogens is 3. The molecule has 0 amide bonds. The third kappa shape index (κ3) is 7.58. The van der Waals surface area contributed by atoms with Gasteiger partial charge in [0.25, 0.3) is 0 Å². The van der Waals surface area contributed by atoms with Gasteiger partial charge in [0.15, 0.2) is 5.96 Å². The number of aromatic nitrogens is 1. The summed E-state index contributed by atoms with van der Waals surface area (Å²) in [7, 11) is 1.70. The minimum atomic E-state index is -0.318. The molecule has 2 N–H and O–H groups in total. The van der Waals surface area contributed by atoms with Gasteiger partial charge in [0.1, 0.15) is 17.4 Å². The SMILES string of the molecule is CN=C(NCCc1ccc(F)cc1)NCc1ccnc(Oc2ccc(F)cc2)c1.I. The molecule has 30 heavy (non-hydrogen) atoms. The fourth-order valence-corrected chi connectivity index (χ4v) is 2.62. The van der Waals surface area contributed by atoms with Crippen molar-refractivity contribution in [2.45, 2.75) is 13.0 Å². The zero-order chi connectivity index (χ0) is 20.5. The van der Waals surface area contributed by atoms with Gasteiger partial charge in [0.2, 0.25) is 5.88 Å². The minimum absolute atomic E-state index is 0. The van der Waals surface area contributed by atoms with Gasteiger partial charge in [-0.25, -0.2) is 13.8 Å². The highest BCUT2D eigenvalue weighted by Gasteiger charge is 2.03. The van der Waals surface area contributed by atoms with E-state index in [1.807, 2.05) is 12.1 Å². The van der Waals surface area contributed by atoms with Crippen LogP contribution in [-0.2, 0) is 13.0 Å². The Bertz CT molecular complexity index is 950. The molecule has 0 unspecified atom stereocenters. The molecule has 5 nitrogen and oxygen atoms in total. The van der Waals surface area contributed by atoms with Gasteiger partial charge in [0, 0.05) is 32.4 Å². The summed E-state index contributed by atoms with van der Waals surface area (Å²) in [5, 5.41) is 6.45. The van der Waals surface area contributed by atoms with Gasteiger partial charge in [-0.15, -0.1) is 24.0 Å². The highest BCUT2D eigenvalue weighted by molar-refractivity contribution is 14.0. The maximum Gasteiger partial charge on any atom is 0.219 e. The van der Waals surface area contributed by atoms with E-state index in [1.54, 1.807) is 37.5 Å². The van der Waals surface area contributed by atoms with Gasteiger partial charge in [-0.3, -0.25) is 4.99 Å². The number of nitrogens with zero attached hydrogens (tertiary/aromatic N) is 2. The molecule has 158 valence electrons. The van der Waals surface area contributed by atoms with E-state index >= 15 is 0 Å². The summed E-state index contributed by atoms with van der Waals surface area (Å²) >= 11 is 0. The number of nitrogens with one attached hydrogen (secondary N) is 2. The molecule has 3 aromatic rings. The Labute approximate surface area is 191 Å². The Balaban J connectivity index is 0.00000320. The van der Waals surface area contributed by atoms with Gasteiger partial charge >= 0.3 is 0 Å². The molecule has 1 heterocycles. The van der Waals surface area contributed by atoms with E-state index in [-0.39, 0.29) is 35.6 Å². The Morgan fingerprint density at radius 3 is 2.27 bits per heavy atom. The van der Waals surface area contributed by atoms with Crippen LogP contribution in [0.5, 0.6) is 11.6 Å². The van der Waals surface area contributed by atoms with Crippen LogP contribution in [0.15, 0.2) is 71.9 Å². The summed E-state index contributed by atoms with van der Waals surface area (Å²) in [6.45, 7) is 1.19. The molecule has 0 atom stereocenters. The van der Waals surface area contributed by atoms with Gasteiger partial charge in [-0.1, -0.05) is 12.1 Å². The largest absolute Gasteiger partial charge is 0.439 e. The summed E-state index contributed by atoms with van der Waals surface area (Å²) in [6, 6.07) is 15.9. The van der Waals surface area contributed by atoms with E-state index in [1.165, 1.54) is 24.3 Å². The minimum Gasteiger partial charge on any atom is -0.439 e. The van der Waals surface area contributed by atoms with Crippen molar-refractivity contribution in [3.8, 4) is 11.6 Å². The first-order chi connectivity index (χ1) is 14.1. The number of ether oxygens (including phenoxy) is 1. The van der Waals surface area contributed by atoms with Crippen molar-refractivity contribution < 1.29 is 13.5 Å². The summed E-state index contributed by atoms with van der Waals surface area (Å²) in [5.41, 5.74) is 2.00. The summed E-state index contributed by atoms with van der Waals surface area (Å²) in [4.78, 5) is 8.38. The fraction of sp³-hybridized carbons (Fsp3) is 0.182. The van der Waals surface area contributed by atoms with Crippen LogP contribution in [-0.4, -0.2) is 24.5 Å². The van der Waals surface area contributed by atoms with E-state index in [2.05, 4.69) is 20.6 Å². The molecule has 0 fully saturated rings. The number of hydrogen-bond donors (Lipinski definition) is 2. The smallest absolute Gasteiger partial charge is 0.219 e. The normalized spacial score (nSPS) is 10.8. The average molecular weight is 524 g/mol. The lowest BCUT2D eigenvalue weighted by atomic mass is 10.1. The van der Waals surface area contributed by atoms with E-state index < -0.39 is 0 Å². The van der Waals surface area contributed by atoms with E-state index in [0.717, 1.165) is 17.5 Å². The molecule has 2 aromatic carbocycles. The summed E-state index contributed by atoms with van der Waals surface area (Å²) < 4.78 is 31.6. The third-order valence-corrected chi connectivity index (χ3v) is 4.14. The van der Waals surface area contributed by atoms with Crippen LogP contribution in [0, 0.1) is 11.6 Å². The van der Waals surface area contributed by atoms with Crippen molar-refractivity contribution in [1.29, 1.82) is 0 Å². The Hall–Kier alpha value is -2.75. The number of aliphatic imine (C=N–C) groups is 1. The van der Waals surface area contributed by atoms with E-state index in [9.17, 15) is 8.78 Å². The van der Waals surface area contributed by atoms with Crippen LogP contribution in [0.25, 0.3) is 0 Å². The molecule has 1 aromatic heterocycles. The standard InChI is InChI=1S/C22H22F2N4O.HI/c1-25-22(27-13-10-16-2-4-18(23)5-3-16)28-15-17-11-12-26-21(14-17)29-20-8-6-19(24)7-9-20;/h2-9,11-12,14H,10,13,15H2,1H3,(H2,25,27,28);1H. The van der Waals surface area contributed by atoms with Gasteiger partial charge in [0.05, 0.1) is 0 Å².